The van der Waals surface area contributed by atoms with Crippen molar-refractivity contribution >= 4 is 5.91 Å². The number of aromatic nitrogens is 2. The highest BCUT2D eigenvalue weighted by Crippen LogP contribution is 2.24. The Morgan fingerprint density at radius 1 is 1.39 bits per heavy atom. The van der Waals surface area contributed by atoms with E-state index in [1.807, 2.05) is 4.90 Å². The molecule has 0 aliphatic carbocycles. The largest absolute Gasteiger partial charge is 0.333 e. The zero-order valence-corrected chi connectivity index (χ0v) is 13.2. The van der Waals surface area contributed by atoms with E-state index in [-0.39, 0.29) is 17.8 Å². The summed E-state index contributed by atoms with van der Waals surface area (Å²) in [6.45, 7) is 3.26. The fourth-order valence-corrected chi connectivity index (χ4v) is 3.22. The topological polar surface area (TPSA) is 64.2 Å². The van der Waals surface area contributed by atoms with Crippen LogP contribution >= 0.6 is 0 Å². The lowest BCUT2D eigenvalue weighted by molar-refractivity contribution is 0.0526. The van der Waals surface area contributed by atoms with E-state index < -0.39 is 0 Å². The number of benzene rings is 1. The van der Waals surface area contributed by atoms with Crippen molar-refractivity contribution in [1.29, 1.82) is 0 Å². The monoisotopic (exact) mass is 316 g/mol. The molecule has 23 heavy (non-hydrogen) atoms. The van der Waals surface area contributed by atoms with E-state index >= 15 is 0 Å². The highest BCUT2D eigenvalue weighted by atomic mass is 19.1. The molecular weight excluding hydrogens is 295 g/mol. The van der Waals surface area contributed by atoms with Crippen LogP contribution in [-0.4, -0.2) is 39.7 Å². The molecule has 1 aromatic carbocycles. The average molecular weight is 316 g/mol. The van der Waals surface area contributed by atoms with Crippen molar-refractivity contribution in [3.05, 3.63) is 48.0 Å². The SMILES string of the molecule is C[C@H]1CCCN(C(=O)c2ccn(-c3ccccc3F)n2)[C@H]1CN. The second kappa shape index (κ2) is 6.50. The normalized spacial score (nSPS) is 21.4. The first-order valence-corrected chi connectivity index (χ1v) is 7.93. The maximum Gasteiger partial charge on any atom is 0.274 e. The van der Waals surface area contributed by atoms with Crippen LogP contribution in [0.4, 0.5) is 4.39 Å². The Morgan fingerprint density at radius 2 is 2.17 bits per heavy atom. The molecule has 3 rings (SSSR count). The van der Waals surface area contributed by atoms with Crippen LogP contribution < -0.4 is 5.73 Å². The van der Waals surface area contributed by atoms with Crippen LogP contribution in [0.3, 0.4) is 0 Å². The number of nitrogens with zero attached hydrogens (tertiary/aromatic N) is 3. The molecule has 0 bridgehead atoms. The fraction of sp³-hybridized carbons (Fsp3) is 0.412. The van der Waals surface area contributed by atoms with Gasteiger partial charge in [0.1, 0.15) is 11.5 Å². The molecule has 2 aromatic rings. The third kappa shape index (κ3) is 2.99. The van der Waals surface area contributed by atoms with Gasteiger partial charge in [0.25, 0.3) is 5.91 Å². The Balaban J connectivity index is 1.85. The zero-order chi connectivity index (χ0) is 16.4. The summed E-state index contributed by atoms with van der Waals surface area (Å²) in [5.41, 5.74) is 6.49. The first-order chi connectivity index (χ1) is 11.1. The number of halogens is 1. The molecule has 2 heterocycles. The van der Waals surface area contributed by atoms with E-state index in [4.69, 9.17) is 5.73 Å². The first-order valence-electron chi connectivity index (χ1n) is 7.93. The molecule has 2 N–H and O–H groups in total. The lowest BCUT2D eigenvalue weighted by Gasteiger charge is -2.39. The van der Waals surface area contributed by atoms with E-state index in [1.165, 1.54) is 10.7 Å². The predicted molar refractivity (Wildman–Crippen MR) is 85.8 cm³/mol. The van der Waals surface area contributed by atoms with Gasteiger partial charge in [0, 0.05) is 25.3 Å². The Labute approximate surface area is 134 Å². The molecule has 1 saturated heterocycles. The van der Waals surface area contributed by atoms with Gasteiger partial charge in [0.2, 0.25) is 0 Å². The van der Waals surface area contributed by atoms with Crippen molar-refractivity contribution in [3.8, 4) is 5.69 Å². The van der Waals surface area contributed by atoms with Gasteiger partial charge in [-0.05, 0) is 37.0 Å². The maximum atomic E-state index is 13.8. The van der Waals surface area contributed by atoms with Gasteiger partial charge in [-0.2, -0.15) is 5.10 Å². The zero-order valence-electron chi connectivity index (χ0n) is 13.2. The second-order valence-corrected chi connectivity index (χ2v) is 6.02. The lowest BCUT2D eigenvalue weighted by atomic mass is 9.90. The molecule has 6 heteroatoms. The molecule has 1 amide bonds. The summed E-state index contributed by atoms with van der Waals surface area (Å²) in [6, 6.07) is 8.02. The van der Waals surface area contributed by atoms with E-state index in [2.05, 4.69) is 12.0 Å². The molecular formula is C17H21FN4O. The molecule has 1 fully saturated rings. The van der Waals surface area contributed by atoms with Crippen LogP contribution in [0.25, 0.3) is 5.69 Å². The maximum absolute atomic E-state index is 13.8. The van der Waals surface area contributed by atoms with E-state index in [9.17, 15) is 9.18 Å². The summed E-state index contributed by atoms with van der Waals surface area (Å²) in [5.74, 6) is -0.130. The standard InChI is InChI=1S/C17H21FN4O/c1-12-5-4-9-21(16(12)11-19)17(23)14-8-10-22(20-14)15-7-3-2-6-13(15)18/h2-3,6-8,10,12,16H,4-5,9,11,19H2,1H3/t12-,16-/m0/s1. The smallest absolute Gasteiger partial charge is 0.274 e. The van der Waals surface area contributed by atoms with Crippen LogP contribution in [0.2, 0.25) is 0 Å². The summed E-state index contributed by atoms with van der Waals surface area (Å²) >= 11 is 0. The molecule has 0 saturated carbocycles. The molecule has 0 spiro atoms. The number of piperidine rings is 1. The van der Waals surface area contributed by atoms with Crippen molar-refractivity contribution in [3.63, 3.8) is 0 Å². The number of rotatable bonds is 3. The minimum absolute atomic E-state index is 0.0369. The van der Waals surface area contributed by atoms with Gasteiger partial charge < -0.3 is 10.6 Å². The molecule has 1 aromatic heterocycles. The van der Waals surface area contributed by atoms with Crippen molar-refractivity contribution in [1.82, 2.24) is 14.7 Å². The van der Waals surface area contributed by atoms with Gasteiger partial charge in [-0.3, -0.25) is 4.79 Å². The van der Waals surface area contributed by atoms with Gasteiger partial charge in [-0.1, -0.05) is 19.1 Å². The van der Waals surface area contributed by atoms with E-state index in [0.29, 0.717) is 30.4 Å². The Kier molecular flexibility index (Phi) is 4.43. The molecule has 1 aliphatic rings. The highest BCUT2D eigenvalue weighted by Gasteiger charge is 2.32. The quantitative estimate of drug-likeness (QED) is 0.944. The van der Waals surface area contributed by atoms with Gasteiger partial charge >= 0.3 is 0 Å². The van der Waals surface area contributed by atoms with Gasteiger partial charge in [0.15, 0.2) is 5.69 Å². The Hall–Kier alpha value is -2.21. The minimum atomic E-state index is -0.374. The molecule has 122 valence electrons. The summed E-state index contributed by atoms with van der Waals surface area (Å²) in [4.78, 5) is 14.6. The first kappa shape index (κ1) is 15.7. The molecule has 2 atom stereocenters. The predicted octanol–water partition coefficient (Wildman–Crippen LogP) is 2.21. The van der Waals surface area contributed by atoms with Gasteiger partial charge in [0.05, 0.1) is 0 Å². The molecule has 1 aliphatic heterocycles. The second-order valence-electron chi connectivity index (χ2n) is 6.02. The van der Waals surface area contributed by atoms with E-state index in [0.717, 1.165) is 12.8 Å². The molecule has 5 nitrogen and oxygen atoms in total. The number of nitrogens with two attached hydrogens (primary N) is 1. The lowest BCUT2D eigenvalue weighted by Crippen LogP contribution is -2.51. The number of amides is 1. The van der Waals surface area contributed by atoms with Gasteiger partial charge in [-0.15, -0.1) is 0 Å². The van der Waals surface area contributed by atoms with Crippen molar-refractivity contribution < 1.29 is 9.18 Å². The van der Waals surface area contributed by atoms with E-state index in [1.54, 1.807) is 30.5 Å². The van der Waals surface area contributed by atoms with Crippen LogP contribution in [0.15, 0.2) is 36.5 Å². The van der Waals surface area contributed by atoms with Crippen molar-refractivity contribution in [2.24, 2.45) is 11.7 Å². The summed E-state index contributed by atoms with van der Waals surface area (Å²) < 4.78 is 15.2. The Morgan fingerprint density at radius 3 is 2.91 bits per heavy atom. The number of para-hydroxylation sites is 1. The average Bonchev–Trinajstić information content (AvgIpc) is 3.04. The Bertz CT molecular complexity index is 699. The fourth-order valence-electron chi connectivity index (χ4n) is 3.22. The number of hydrogen-bond donors (Lipinski definition) is 1. The number of hydrogen-bond acceptors (Lipinski definition) is 3. The van der Waals surface area contributed by atoms with Crippen LogP contribution in [0, 0.1) is 11.7 Å². The number of carbonyl (C=O) groups is 1. The van der Waals surface area contributed by atoms with Crippen LogP contribution in [0.1, 0.15) is 30.3 Å². The summed E-state index contributed by atoms with van der Waals surface area (Å²) in [7, 11) is 0. The highest BCUT2D eigenvalue weighted by molar-refractivity contribution is 5.92. The third-order valence-corrected chi connectivity index (χ3v) is 4.53. The molecule has 0 radical (unpaired) electrons. The summed E-state index contributed by atoms with van der Waals surface area (Å²) in [6.07, 6.45) is 3.66. The molecule has 0 unspecified atom stereocenters. The van der Waals surface area contributed by atoms with Gasteiger partial charge in [-0.25, -0.2) is 9.07 Å². The minimum Gasteiger partial charge on any atom is -0.333 e. The van der Waals surface area contributed by atoms with Crippen LogP contribution in [0.5, 0.6) is 0 Å². The van der Waals surface area contributed by atoms with Crippen molar-refractivity contribution in [2.75, 3.05) is 13.1 Å². The van der Waals surface area contributed by atoms with Crippen LogP contribution in [-0.2, 0) is 0 Å². The van der Waals surface area contributed by atoms with Crippen molar-refractivity contribution in [2.45, 2.75) is 25.8 Å². The third-order valence-electron chi connectivity index (χ3n) is 4.53. The number of likely N-dealkylation sites (tertiary alicyclic amines) is 1. The summed E-state index contributed by atoms with van der Waals surface area (Å²) in [5, 5.41) is 4.25. The number of carbonyl (C=O) groups excluding carboxylic acids is 1.